The molecule has 4 saturated heterocycles. The van der Waals surface area contributed by atoms with E-state index in [9.17, 15) is 53.1 Å². The first-order chi connectivity index (χ1) is 42.1. The summed E-state index contributed by atoms with van der Waals surface area (Å²) < 4.78 is 53.9. The molecule has 2 aliphatic carbocycles. The average Bonchev–Trinajstić information content (AvgIpc) is 1.73. The Morgan fingerprint density at radius 2 is 0.901 bits per heavy atom. The summed E-state index contributed by atoms with van der Waals surface area (Å²) in [5, 5.41) is 9.27. The first-order valence-corrected chi connectivity index (χ1v) is 33.8. The fraction of sp³-hybridized carbons (Fsp3) is 0.857. The zero-order valence-corrected chi connectivity index (χ0v) is 58.9. The second kappa shape index (κ2) is 34.2. The van der Waals surface area contributed by atoms with E-state index in [0.717, 1.165) is 70.6 Å². The molecule has 91 heavy (non-hydrogen) atoms. The van der Waals surface area contributed by atoms with Crippen molar-refractivity contribution in [3.05, 3.63) is 0 Å². The fourth-order valence-corrected chi connectivity index (χ4v) is 11.1. The first-order valence-electron chi connectivity index (χ1n) is 33.8. The number of aliphatic hydroxyl groups excluding tert-OH is 1. The Balaban J connectivity index is 0.000000319. The molecular formula is C70H116O21. The van der Waals surface area contributed by atoms with Gasteiger partial charge in [-0.15, -0.1) is 0 Å². The van der Waals surface area contributed by atoms with Crippen LogP contribution in [0.25, 0.3) is 0 Å². The first kappa shape index (κ1) is 79.9. The van der Waals surface area contributed by atoms with E-state index in [1.807, 2.05) is 96.9 Å². The van der Waals surface area contributed by atoms with E-state index in [2.05, 4.69) is 6.92 Å². The van der Waals surface area contributed by atoms with Crippen LogP contribution in [0.1, 0.15) is 279 Å². The molecular weight excluding hydrogens is 1180 g/mol. The third-order valence-electron chi connectivity index (χ3n) is 19.6. The van der Waals surface area contributed by atoms with Crippen LogP contribution >= 0.6 is 0 Å². The van der Waals surface area contributed by atoms with Crippen molar-refractivity contribution in [2.24, 2.45) is 39.4 Å². The van der Waals surface area contributed by atoms with Gasteiger partial charge in [0.15, 0.2) is 24.9 Å². The molecule has 0 amide bonds. The highest BCUT2D eigenvalue weighted by Crippen LogP contribution is 2.44. The van der Waals surface area contributed by atoms with Crippen LogP contribution in [0.4, 0.5) is 0 Å². The van der Waals surface area contributed by atoms with Gasteiger partial charge >= 0.3 is 59.7 Å². The smallest absolute Gasteiger partial charge is 0.348 e. The molecule has 4 heterocycles. The summed E-state index contributed by atoms with van der Waals surface area (Å²) >= 11 is 0. The topological polar surface area (TPSA) is 283 Å². The van der Waals surface area contributed by atoms with Gasteiger partial charge in [-0.05, 0) is 238 Å². The van der Waals surface area contributed by atoms with Crippen LogP contribution in [-0.2, 0) is 95.3 Å². The molecule has 0 aromatic carbocycles. The van der Waals surface area contributed by atoms with Crippen LogP contribution in [0.2, 0.25) is 0 Å². The van der Waals surface area contributed by atoms with Crippen molar-refractivity contribution in [2.45, 2.75) is 332 Å². The molecule has 2 saturated carbocycles. The van der Waals surface area contributed by atoms with Crippen molar-refractivity contribution in [1.29, 1.82) is 0 Å². The van der Waals surface area contributed by atoms with Gasteiger partial charge in [0.2, 0.25) is 6.10 Å². The van der Waals surface area contributed by atoms with Crippen molar-refractivity contribution in [2.75, 3.05) is 13.2 Å². The normalized spacial score (nSPS) is 28.0. The Bertz CT molecular complexity index is 2460. The van der Waals surface area contributed by atoms with Crippen molar-refractivity contribution in [1.82, 2.24) is 0 Å². The number of hydrogen-bond donors (Lipinski definition) is 1. The lowest BCUT2D eigenvalue weighted by molar-refractivity contribution is -0.183. The van der Waals surface area contributed by atoms with Crippen LogP contribution in [-0.4, -0.2) is 131 Å². The highest BCUT2D eigenvalue weighted by atomic mass is 16.6. The fourth-order valence-electron chi connectivity index (χ4n) is 11.1. The van der Waals surface area contributed by atoms with Gasteiger partial charge < -0.3 is 52.5 Å². The maximum atomic E-state index is 12.7. The maximum Gasteiger partial charge on any atom is 0.348 e. The molecule has 21 heteroatoms. The van der Waals surface area contributed by atoms with Gasteiger partial charge in [0.1, 0.15) is 28.5 Å². The minimum Gasteiger partial charge on any atom is -0.462 e. The quantitative estimate of drug-likeness (QED) is 0.0985. The molecule has 1 N–H and O–H groups in total. The van der Waals surface area contributed by atoms with Crippen molar-refractivity contribution < 1.29 is 100 Å². The molecule has 8 unspecified atom stereocenters. The molecule has 0 aromatic rings. The molecule has 0 radical (unpaired) electrons. The molecule has 8 atom stereocenters. The molecule has 0 aromatic heterocycles. The molecule has 6 rings (SSSR count). The minimum absolute atomic E-state index is 0.112. The van der Waals surface area contributed by atoms with Gasteiger partial charge in [-0.25, -0.2) is 24.0 Å². The average molecular weight is 1290 g/mol. The zero-order chi connectivity index (χ0) is 69.1. The van der Waals surface area contributed by atoms with E-state index < -0.39 is 111 Å². The number of carbonyl (C=O) groups is 10. The van der Waals surface area contributed by atoms with Crippen LogP contribution < -0.4 is 0 Å². The summed E-state index contributed by atoms with van der Waals surface area (Å²) in [5.74, 6) is -4.10. The standard InChI is InChI=1S/C21H34O6.C19H32O4.C16H26O6.C14H24O5/c1-6-20(2,3)19(24)25-15-11-9-14(10-12-15)17(22)26-16-8-7-13-21(4,5)27-18(16)23;1-6-18(3,4)17(21)22-15-14-11-9-8-10-13(14)12-19(5,7-2)23-16(15)20;1-6-15(2,3)14(19)20-10-12(17)21-11-8-7-9-16(4,5)22-13(11)18;1-5-14(4,9-15)12(17)18-10-7-6-8-13(2,3)19-11(10)16/h14-16H,6-13H2,1-5H3;13-15H,6-12H2,1-5H3;11H,6-10H2,1-5H3;10,15H,5-9H2,1-4H3. The molecule has 0 bridgehead atoms. The van der Waals surface area contributed by atoms with Crippen LogP contribution in [0.15, 0.2) is 0 Å². The second-order valence-corrected chi connectivity index (χ2v) is 30.2. The van der Waals surface area contributed by atoms with Crippen LogP contribution in [0.3, 0.4) is 0 Å². The monoisotopic (exact) mass is 1290 g/mol. The van der Waals surface area contributed by atoms with Gasteiger partial charge in [-0.2, -0.15) is 0 Å². The number of rotatable bonds is 18. The van der Waals surface area contributed by atoms with E-state index in [0.29, 0.717) is 76.5 Å². The number of aliphatic hydroxyl groups is 1. The Morgan fingerprint density at radius 1 is 0.473 bits per heavy atom. The largest absolute Gasteiger partial charge is 0.462 e. The van der Waals surface area contributed by atoms with E-state index >= 15 is 0 Å². The predicted octanol–water partition coefficient (Wildman–Crippen LogP) is 12.4. The Morgan fingerprint density at radius 3 is 1.34 bits per heavy atom. The SMILES string of the molecule is CCC(C)(C)C(=O)OC1CCC(C(=O)OC2CCCC(C)(C)OC2=O)CC1.CCC(C)(C)C(=O)OCC(=O)OC1CCCC(C)(C)OC1=O.CCC(C)(CO)C(=O)OC1CCCC(C)(C)OC1=O.CCC1(C)CC2CCCCC2C(OC(=O)C(C)(C)CC)C(=O)O1. The lowest BCUT2D eigenvalue weighted by atomic mass is 9.72. The van der Waals surface area contributed by atoms with E-state index in [1.54, 1.807) is 27.7 Å². The second-order valence-electron chi connectivity index (χ2n) is 30.2. The number of esters is 10. The van der Waals surface area contributed by atoms with E-state index in [1.165, 1.54) is 6.42 Å². The molecule has 0 spiro atoms. The van der Waals surface area contributed by atoms with Crippen molar-refractivity contribution in [3.8, 4) is 0 Å². The third kappa shape index (κ3) is 24.8. The molecule has 4 aliphatic heterocycles. The number of ether oxygens (including phenoxy) is 10. The maximum absolute atomic E-state index is 12.7. The molecule has 6 aliphatic rings. The molecule has 21 nitrogen and oxygen atoms in total. The van der Waals surface area contributed by atoms with Crippen LogP contribution in [0.5, 0.6) is 0 Å². The van der Waals surface area contributed by atoms with Gasteiger partial charge in [-0.1, -0.05) is 47.5 Å². The Hall–Kier alpha value is -5.34. The highest BCUT2D eigenvalue weighted by Gasteiger charge is 2.49. The lowest BCUT2D eigenvalue weighted by Crippen LogP contribution is -2.41. The lowest BCUT2D eigenvalue weighted by Gasteiger charge is -2.35. The number of hydrogen-bond acceptors (Lipinski definition) is 21. The van der Waals surface area contributed by atoms with Crippen LogP contribution in [0, 0.1) is 39.4 Å². The Labute approximate surface area is 542 Å². The van der Waals surface area contributed by atoms with Gasteiger partial charge in [0, 0.05) is 5.92 Å². The van der Waals surface area contributed by atoms with E-state index in [-0.39, 0.29) is 48.4 Å². The number of fused-ring (bicyclic) bond motifs is 1. The predicted molar refractivity (Wildman–Crippen MR) is 337 cm³/mol. The Kier molecular flexibility index (Phi) is 30.0. The molecule has 6 fully saturated rings. The zero-order valence-electron chi connectivity index (χ0n) is 58.9. The number of carbonyl (C=O) groups excluding carboxylic acids is 10. The molecule has 522 valence electrons. The highest BCUT2D eigenvalue weighted by molar-refractivity contribution is 5.85. The van der Waals surface area contributed by atoms with Gasteiger partial charge in [-0.3, -0.25) is 24.0 Å². The minimum atomic E-state index is -0.956. The number of cyclic esters (lactones) is 4. The van der Waals surface area contributed by atoms with E-state index in [4.69, 9.17) is 47.4 Å². The summed E-state index contributed by atoms with van der Waals surface area (Å²) in [6.45, 7) is 34.6. The summed E-state index contributed by atoms with van der Waals surface area (Å²) in [6, 6.07) is 0. The van der Waals surface area contributed by atoms with Gasteiger partial charge in [0.25, 0.3) is 0 Å². The summed E-state index contributed by atoms with van der Waals surface area (Å²) in [6.07, 6.45) is 13.4. The summed E-state index contributed by atoms with van der Waals surface area (Å²) in [7, 11) is 0. The third-order valence-corrected chi connectivity index (χ3v) is 19.6. The van der Waals surface area contributed by atoms with Gasteiger partial charge in [0.05, 0.1) is 34.2 Å². The van der Waals surface area contributed by atoms with Crippen molar-refractivity contribution >= 4 is 59.7 Å². The summed E-state index contributed by atoms with van der Waals surface area (Å²) in [5.41, 5.74) is -4.65. The van der Waals surface area contributed by atoms with Crippen molar-refractivity contribution in [3.63, 3.8) is 0 Å². The summed E-state index contributed by atoms with van der Waals surface area (Å²) in [4.78, 5) is 121.